The van der Waals surface area contributed by atoms with E-state index in [0.717, 1.165) is 24.0 Å². The zero-order chi connectivity index (χ0) is 31.0. The molecule has 0 unspecified atom stereocenters. The quantitative estimate of drug-likeness (QED) is 0.118. The molecule has 0 spiro atoms. The van der Waals surface area contributed by atoms with Gasteiger partial charge in [0.25, 0.3) is 11.8 Å². The van der Waals surface area contributed by atoms with E-state index in [-0.39, 0.29) is 30.5 Å². The molecule has 1 heterocycles. The van der Waals surface area contributed by atoms with Crippen molar-refractivity contribution in [1.29, 1.82) is 0 Å². The lowest BCUT2D eigenvalue weighted by Gasteiger charge is -2.21. The molecule has 6 nitrogen and oxygen atoms in total. The summed E-state index contributed by atoms with van der Waals surface area (Å²) < 4.78 is 0. The molecule has 0 atom stereocenters. The number of halogens is 1. The minimum atomic E-state index is -0.252. The van der Waals surface area contributed by atoms with E-state index in [4.69, 9.17) is 16.4 Å². The number of aryl methyl sites for hydroxylation is 3. The lowest BCUT2D eigenvalue weighted by atomic mass is 10.0. The second-order valence-corrected chi connectivity index (χ2v) is 12.4. The van der Waals surface area contributed by atoms with Gasteiger partial charge in [0.15, 0.2) is 11.6 Å². The van der Waals surface area contributed by atoms with Crippen LogP contribution in [0.25, 0.3) is 0 Å². The maximum atomic E-state index is 13.1. The van der Waals surface area contributed by atoms with Gasteiger partial charge in [-0.3, -0.25) is 9.59 Å². The van der Waals surface area contributed by atoms with Crippen LogP contribution in [-0.2, 0) is 16.0 Å². The van der Waals surface area contributed by atoms with E-state index in [1.165, 1.54) is 92.7 Å². The highest BCUT2D eigenvalue weighted by atomic mass is 35.5. The Kier molecular flexibility index (Phi) is 15.1. The molecule has 2 aromatic rings. The zero-order valence-corrected chi connectivity index (χ0v) is 27.7. The van der Waals surface area contributed by atoms with Gasteiger partial charge in [0, 0.05) is 6.42 Å². The summed E-state index contributed by atoms with van der Waals surface area (Å²) in [5.41, 5.74) is 3.56. The highest BCUT2D eigenvalue weighted by Crippen LogP contribution is 2.34. The highest BCUT2D eigenvalue weighted by molar-refractivity contribution is 6.34. The predicted molar refractivity (Wildman–Crippen MR) is 179 cm³/mol. The number of unbranched alkanes of at least 4 members (excludes halogenated alkanes) is 12. The van der Waals surface area contributed by atoms with E-state index in [2.05, 4.69) is 18.1 Å². The Balaban J connectivity index is 1.51. The van der Waals surface area contributed by atoms with Gasteiger partial charge in [0.05, 0.1) is 17.1 Å². The molecule has 43 heavy (non-hydrogen) atoms. The van der Waals surface area contributed by atoms with E-state index in [9.17, 15) is 9.59 Å². The Bertz CT molecular complexity index is 1190. The summed E-state index contributed by atoms with van der Waals surface area (Å²) >= 11 is 6.50. The molecule has 0 aliphatic carbocycles. The standard InChI is InChI=1S/C36H52ClN3O3/c1-5-7-8-9-10-11-12-13-14-15-16-17-18-21-30-22-19-23-31(26-30)43-40(34(41)20-6-2)33-27-35(42)39(38-33)36-29(4)24-28(3)25-32(36)37/h19,22-26H,5-18,20-21,27H2,1-4H3. The van der Waals surface area contributed by atoms with Crippen LogP contribution in [0, 0.1) is 13.8 Å². The highest BCUT2D eigenvalue weighted by Gasteiger charge is 2.34. The third-order valence-corrected chi connectivity index (χ3v) is 8.25. The Labute approximate surface area is 264 Å². The fraction of sp³-hybridized carbons (Fsp3) is 0.583. The molecule has 0 saturated carbocycles. The largest absolute Gasteiger partial charge is 0.371 e. The molecule has 7 heteroatoms. The first-order valence-electron chi connectivity index (χ1n) is 16.6. The second-order valence-electron chi connectivity index (χ2n) is 12.0. The number of carbonyl (C=O) groups excluding carboxylic acids is 2. The van der Waals surface area contributed by atoms with Crippen molar-refractivity contribution in [3.8, 4) is 5.75 Å². The summed E-state index contributed by atoms with van der Waals surface area (Å²) in [7, 11) is 0. The monoisotopic (exact) mass is 609 g/mol. The number of amidine groups is 1. The molecule has 0 bridgehead atoms. The van der Waals surface area contributed by atoms with Crippen LogP contribution in [0.1, 0.15) is 133 Å². The first kappa shape index (κ1) is 34.6. The Morgan fingerprint density at radius 3 is 2.12 bits per heavy atom. The summed E-state index contributed by atoms with van der Waals surface area (Å²) in [5.74, 6) is 0.346. The van der Waals surface area contributed by atoms with Crippen molar-refractivity contribution >= 4 is 34.9 Å². The molecular weight excluding hydrogens is 558 g/mol. The zero-order valence-electron chi connectivity index (χ0n) is 26.9. The number of anilines is 1. The van der Waals surface area contributed by atoms with Crippen LogP contribution in [0.5, 0.6) is 5.75 Å². The minimum Gasteiger partial charge on any atom is -0.371 e. The van der Waals surface area contributed by atoms with Gasteiger partial charge in [-0.2, -0.15) is 5.01 Å². The first-order chi connectivity index (χ1) is 20.8. The van der Waals surface area contributed by atoms with Gasteiger partial charge in [0.2, 0.25) is 0 Å². The fourth-order valence-corrected chi connectivity index (χ4v) is 6.05. The number of rotatable bonds is 19. The number of carbonyl (C=O) groups is 2. The maximum Gasteiger partial charge on any atom is 0.261 e. The number of nitrogens with zero attached hydrogens (tertiary/aromatic N) is 3. The van der Waals surface area contributed by atoms with Crippen LogP contribution in [0.15, 0.2) is 41.5 Å². The SMILES string of the molecule is CCCCCCCCCCCCCCCc1cccc(ON(C(=O)CCC)C2=NN(c3c(C)cc(C)cc3Cl)C(=O)C2)c1. The summed E-state index contributed by atoms with van der Waals surface area (Å²) in [6.45, 7) is 8.06. The molecule has 2 amide bonds. The van der Waals surface area contributed by atoms with Crippen LogP contribution in [-0.4, -0.2) is 22.7 Å². The van der Waals surface area contributed by atoms with Crippen molar-refractivity contribution in [2.75, 3.05) is 5.01 Å². The number of hydroxylamine groups is 2. The summed E-state index contributed by atoms with van der Waals surface area (Å²) in [4.78, 5) is 32.3. The van der Waals surface area contributed by atoms with Crippen molar-refractivity contribution in [3.05, 3.63) is 58.1 Å². The maximum absolute atomic E-state index is 13.1. The summed E-state index contributed by atoms with van der Waals surface area (Å²) in [6, 6.07) is 11.7. The van der Waals surface area contributed by atoms with Gasteiger partial charge < -0.3 is 4.84 Å². The van der Waals surface area contributed by atoms with Crippen molar-refractivity contribution in [3.63, 3.8) is 0 Å². The summed E-state index contributed by atoms with van der Waals surface area (Å²) in [6.07, 6.45) is 19.2. The van der Waals surface area contributed by atoms with Gasteiger partial charge in [-0.05, 0) is 68.0 Å². The average Bonchev–Trinajstić information content (AvgIpc) is 3.34. The van der Waals surface area contributed by atoms with Gasteiger partial charge in [-0.25, -0.2) is 0 Å². The van der Waals surface area contributed by atoms with E-state index >= 15 is 0 Å². The molecular formula is C36H52ClN3O3. The molecule has 0 fully saturated rings. The van der Waals surface area contributed by atoms with Crippen molar-refractivity contribution in [2.45, 2.75) is 137 Å². The Morgan fingerprint density at radius 2 is 1.51 bits per heavy atom. The van der Waals surface area contributed by atoms with Crippen molar-refractivity contribution < 1.29 is 14.4 Å². The first-order valence-corrected chi connectivity index (χ1v) is 17.0. The molecule has 1 aliphatic heterocycles. The smallest absolute Gasteiger partial charge is 0.261 e. The van der Waals surface area contributed by atoms with Gasteiger partial charge in [-0.15, -0.1) is 10.2 Å². The van der Waals surface area contributed by atoms with E-state index in [1.807, 2.05) is 51.1 Å². The van der Waals surface area contributed by atoms with Gasteiger partial charge in [0.1, 0.15) is 0 Å². The average molecular weight is 610 g/mol. The number of hydrazone groups is 1. The van der Waals surface area contributed by atoms with Crippen LogP contribution >= 0.6 is 11.6 Å². The molecule has 236 valence electrons. The van der Waals surface area contributed by atoms with Gasteiger partial charge in [-0.1, -0.05) is 121 Å². The third kappa shape index (κ3) is 11.3. The predicted octanol–water partition coefficient (Wildman–Crippen LogP) is 10.3. The van der Waals surface area contributed by atoms with Crippen molar-refractivity contribution in [1.82, 2.24) is 5.06 Å². The Hall–Kier alpha value is -2.86. The molecule has 0 aromatic heterocycles. The number of hydrogen-bond donors (Lipinski definition) is 0. The van der Waals surface area contributed by atoms with Crippen LogP contribution in [0.2, 0.25) is 5.02 Å². The lowest BCUT2D eigenvalue weighted by Crippen LogP contribution is -2.39. The number of hydrogen-bond acceptors (Lipinski definition) is 4. The summed E-state index contributed by atoms with van der Waals surface area (Å²) in [5, 5.41) is 7.47. The van der Waals surface area contributed by atoms with E-state index < -0.39 is 0 Å². The third-order valence-electron chi connectivity index (χ3n) is 7.96. The number of amides is 2. The van der Waals surface area contributed by atoms with Crippen LogP contribution < -0.4 is 9.85 Å². The molecule has 3 rings (SSSR count). The second kappa shape index (κ2) is 18.7. The number of benzene rings is 2. The molecule has 2 aromatic carbocycles. The van der Waals surface area contributed by atoms with Crippen molar-refractivity contribution in [2.24, 2.45) is 5.10 Å². The molecule has 0 radical (unpaired) electrons. The molecule has 1 aliphatic rings. The van der Waals surface area contributed by atoms with Gasteiger partial charge >= 0.3 is 0 Å². The van der Waals surface area contributed by atoms with Crippen LogP contribution in [0.4, 0.5) is 5.69 Å². The lowest BCUT2D eigenvalue weighted by molar-refractivity contribution is -0.144. The fourth-order valence-electron chi connectivity index (χ4n) is 5.65. The van der Waals surface area contributed by atoms with E-state index in [1.54, 1.807) is 0 Å². The normalized spacial score (nSPS) is 13.0. The molecule has 0 saturated heterocycles. The topological polar surface area (TPSA) is 62.2 Å². The molecule has 0 N–H and O–H groups in total. The minimum absolute atomic E-state index is 0.0439. The van der Waals surface area contributed by atoms with E-state index in [0.29, 0.717) is 22.9 Å². The Morgan fingerprint density at radius 1 is 0.884 bits per heavy atom. The van der Waals surface area contributed by atoms with Crippen LogP contribution in [0.3, 0.4) is 0 Å².